The lowest BCUT2D eigenvalue weighted by Gasteiger charge is -2.16. The lowest BCUT2D eigenvalue weighted by molar-refractivity contribution is 0.201. The van der Waals surface area contributed by atoms with Gasteiger partial charge in [-0.25, -0.2) is 4.98 Å². The molecule has 1 aliphatic rings. The van der Waals surface area contributed by atoms with Gasteiger partial charge in [-0.1, -0.05) is 0 Å². The number of ether oxygens (including phenoxy) is 2. The van der Waals surface area contributed by atoms with Crippen molar-refractivity contribution in [3.05, 3.63) is 48.1 Å². The number of methoxy groups -OCH3 is 1. The van der Waals surface area contributed by atoms with Crippen LogP contribution in [0.2, 0.25) is 0 Å². The molecule has 2 heterocycles. The highest BCUT2D eigenvalue weighted by Gasteiger charge is 2.19. The molecule has 25 heavy (non-hydrogen) atoms. The average molecular weight is 352 g/mol. The number of pyridine rings is 1. The second-order valence-electron chi connectivity index (χ2n) is 6.16. The molecule has 0 radical (unpaired) electrons. The maximum absolute atomic E-state index is 6.19. The highest BCUT2D eigenvalue weighted by molar-refractivity contribution is 7.13. The van der Waals surface area contributed by atoms with Crippen LogP contribution in [0.3, 0.4) is 0 Å². The summed E-state index contributed by atoms with van der Waals surface area (Å²) in [6, 6.07) is 10.00. The fraction of sp³-hybridized carbons (Fsp3) is 0.300. The van der Waals surface area contributed by atoms with Crippen LogP contribution in [0.15, 0.2) is 48.1 Å². The quantitative estimate of drug-likeness (QED) is 0.633. The summed E-state index contributed by atoms with van der Waals surface area (Å²) in [7, 11) is 1.68. The molecule has 0 saturated heterocycles. The van der Waals surface area contributed by atoms with Gasteiger partial charge in [-0.05, 0) is 56.0 Å². The van der Waals surface area contributed by atoms with Gasteiger partial charge in [0.2, 0.25) is 0 Å². The Hall–Kier alpha value is -2.40. The van der Waals surface area contributed by atoms with Gasteiger partial charge in [0.05, 0.1) is 18.9 Å². The van der Waals surface area contributed by atoms with Crippen LogP contribution in [0.1, 0.15) is 25.7 Å². The third-order valence-corrected chi connectivity index (χ3v) is 5.38. The third kappa shape index (κ3) is 3.51. The van der Waals surface area contributed by atoms with Crippen molar-refractivity contribution in [2.24, 2.45) is 0 Å². The molecule has 2 aromatic heterocycles. The van der Waals surface area contributed by atoms with Gasteiger partial charge in [0, 0.05) is 28.9 Å². The molecular formula is C20H20N2O2S. The van der Waals surface area contributed by atoms with Crippen LogP contribution >= 0.6 is 11.3 Å². The summed E-state index contributed by atoms with van der Waals surface area (Å²) >= 11 is 1.64. The van der Waals surface area contributed by atoms with Crippen molar-refractivity contribution in [2.45, 2.75) is 31.8 Å². The number of benzene rings is 1. The van der Waals surface area contributed by atoms with E-state index in [1.165, 1.54) is 12.8 Å². The van der Waals surface area contributed by atoms with Crippen LogP contribution in [0.4, 0.5) is 0 Å². The van der Waals surface area contributed by atoms with Crippen LogP contribution in [-0.2, 0) is 0 Å². The zero-order valence-corrected chi connectivity index (χ0v) is 15.0. The van der Waals surface area contributed by atoms with E-state index in [9.17, 15) is 0 Å². The van der Waals surface area contributed by atoms with Gasteiger partial charge in [-0.3, -0.25) is 4.98 Å². The van der Waals surface area contributed by atoms with E-state index in [0.29, 0.717) is 6.10 Å². The van der Waals surface area contributed by atoms with Crippen molar-refractivity contribution in [3.63, 3.8) is 0 Å². The van der Waals surface area contributed by atoms with Gasteiger partial charge in [-0.2, -0.15) is 0 Å². The van der Waals surface area contributed by atoms with Crippen LogP contribution < -0.4 is 9.47 Å². The number of hydrogen-bond donors (Lipinski definition) is 0. The second-order valence-corrected chi connectivity index (χ2v) is 7.02. The molecule has 4 nitrogen and oxygen atoms in total. The van der Waals surface area contributed by atoms with E-state index < -0.39 is 0 Å². The minimum absolute atomic E-state index is 0.298. The van der Waals surface area contributed by atoms with Crippen molar-refractivity contribution in [1.29, 1.82) is 0 Å². The highest BCUT2D eigenvalue weighted by Crippen LogP contribution is 2.36. The van der Waals surface area contributed by atoms with Gasteiger partial charge in [-0.15, -0.1) is 11.3 Å². The van der Waals surface area contributed by atoms with Crippen molar-refractivity contribution < 1.29 is 9.47 Å². The second kappa shape index (κ2) is 7.23. The van der Waals surface area contributed by atoms with Gasteiger partial charge < -0.3 is 9.47 Å². The summed E-state index contributed by atoms with van der Waals surface area (Å²) in [6.07, 6.45) is 8.61. The Balaban J connectivity index is 1.63. The monoisotopic (exact) mass is 352 g/mol. The molecule has 0 spiro atoms. The Morgan fingerprint density at radius 2 is 1.80 bits per heavy atom. The van der Waals surface area contributed by atoms with E-state index in [1.54, 1.807) is 30.8 Å². The maximum Gasteiger partial charge on any atom is 0.162 e. The number of aromatic nitrogens is 2. The predicted octanol–water partition coefficient (Wildman–Crippen LogP) is 5.20. The first-order valence-corrected chi connectivity index (χ1v) is 9.42. The number of thiazole rings is 1. The van der Waals surface area contributed by atoms with Crippen LogP contribution in [0.25, 0.3) is 21.8 Å². The largest absolute Gasteiger partial charge is 0.493 e. The molecule has 5 heteroatoms. The number of rotatable bonds is 5. The van der Waals surface area contributed by atoms with E-state index in [2.05, 4.69) is 10.4 Å². The van der Waals surface area contributed by atoms with E-state index >= 15 is 0 Å². The molecule has 4 rings (SSSR count). The highest BCUT2D eigenvalue weighted by atomic mass is 32.1. The molecule has 1 aliphatic carbocycles. The first kappa shape index (κ1) is 16.1. The normalized spacial score (nSPS) is 14.6. The van der Waals surface area contributed by atoms with Crippen LogP contribution in [0.5, 0.6) is 11.5 Å². The first-order valence-electron chi connectivity index (χ1n) is 8.54. The molecule has 0 bridgehead atoms. The summed E-state index contributed by atoms with van der Waals surface area (Å²) < 4.78 is 11.7. The Kier molecular flexibility index (Phi) is 4.65. The lowest BCUT2D eigenvalue weighted by Crippen LogP contribution is -2.11. The molecule has 0 amide bonds. The summed E-state index contributed by atoms with van der Waals surface area (Å²) in [5.41, 5.74) is 3.09. The zero-order valence-electron chi connectivity index (χ0n) is 14.1. The molecule has 0 atom stereocenters. The van der Waals surface area contributed by atoms with Gasteiger partial charge in [0.25, 0.3) is 0 Å². The Bertz CT molecular complexity index is 842. The van der Waals surface area contributed by atoms with Crippen molar-refractivity contribution >= 4 is 11.3 Å². The number of nitrogens with zero attached hydrogens (tertiary/aromatic N) is 2. The SMILES string of the molecule is COc1ccc(-c2csc(-c3ccncc3)n2)cc1OC1CCCC1. The Labute approximate surface area is 151 Å². The van der Waals surface area contributed by atoms with Crippen LogP contribution in [0, 0.1) is 0 Å². The van der Waals surface area contributed by atoms with Crippen molar-refractivity contribution in [2.75, 3.05) is 7.11 Å². The summed E-state index contributed by atoms with van der Waals surface area (Å²) in [6.45, 7) is 0. The molecule has 0 aliphatic heterocycles. The number of hydrogen-bond acceptors (Lipinski definition) is 5. The zero-order chi connectivity index (χ0) is 17.1. The van der Waals surface area contributed by atoms with E-state index in [0.717, 1.165) is 46.2 Å². The average Bonchev–Trinajstić information content (AvgIpc) is 3.34. The van der Waals surface area contributed by atoms with Gasteiger partial charge in [0.1, 0.15) is 5.01 Å². The maximum atomic E-state index is 6.19. The lowest BCUT2D eigenvalue weighted by atomic mass is 10.1. The Morgan fingerprint density at radius 3 is 2.56 bits per heavy atom. The molecule has 128 valence electrons. The summed E-state index contributed by atoms with van der Waals surface area (Å²) in [5.74, 6) is 1.59. The fourth-order valence-corrected chi connectivity index (χ4v) is 3.98. The molecule has 1 aromatic carbocycles. The van der Waals surface area contributed by atoms with E-state index in [-0.39, 0.29) is 0 Å². The first-order chi connectivity index (χ1) is 12.3. The molecule has 0 N–H and O–H groups in total. The third-order valence-electron chi connectivity index (χ3n) is 4.49. The topological polar surface area (TPSA) is 44.2 Å². The smallest absolute Gasteiger partial charge is 0.162 e. The summed E-state index contributed by atoms with van der Waals surface area (Å²) in [4.78, 5) is 8.84. The molecule has 1 fully saturated rings. The van der Waals surface area contributed by atoms with Crippen molar-refractivity contribution in [1.82, 2.24) is 9.97 Å². The molecule has 0 unspecified atom stereocenters. The summed E-state index contributed by atoms with van der Waals surface area (Å²) in [5, 5.41) is 3.07. The predicted molar refractivity (Wildman–Crippen MR) is 100 cm³/mol. The van der Waals surface area contributed by atoms with E-state index in [4.69, 9.17) is 14.5 Å². The minimum atomic E-state index is 0.298. The molecule has 3 aromatic rings. The fourth-order valence-electron chi connectivity index (χ4n) is 3.15. The minimum Gasteiger partial charge on any atom is -0.493 e. The van der Waals surface area contributed by atoms with Gasteiger partial charge >= 0.3 is 0 Å². The van der Waals surface area contributed by atoms with Crippen molar-refractivity contribution in [3.8, 4) is 33.3 Å². The standard InChI is InChI=1S/C20H20N2O2S/c1-23-18-7-6-15(12-19(18)24-16-4-2-3-5-16)17-13-25-20(22-17)14-8-10-21-11-9-14/h6-13,16H,2-5H2,1H3. The van der Waals surface area contributed by atoms with Gasteiger partial charge in [0.15, 0.2) is 11.5 Å². The molecular weight excluding hydrogens is 332 g/mol. The Morgan fingerprint density at radius 1 is 1.00 bits per heavy atom. The molecule has 1 saturated carbocycles. The van der Waals surface area contributed by atoms with Crippen LogP contribution in [-0.4, -0.2) is 23.2 Å². The van der Waals surface area contributed by atoms with E-state index in [1.807, 2.05) is 30.3 Å².